The summed E-state index contributed by atoms with van der Waals surface area (Å²) >= 11 is 1.58. The van der Waals surface area contributed by atoms with Crippen LogP contribution in [0, 0.1) is 13.8 Å². The maximum Gasteiger partial charge on any atom is 0.225 e. The van der Waals surface area contributed by atoms with Crippen LogP contribution >= 0.6 is 11.3 Å². The smallest absolute Gasteiger partial charge is 0.225 e. The number of thiazole rings is 1. The fraction of sp³-hybridized carbons (Fsp3) is 0.353. The largest absolute Gasteiger partial charge is 0.340 e. The highest BCUT2D eigenvalue weighted by atomic mass is 32.1. The van der Waals surface area contributed by atoms with Crippen molar-refractivity contribution >= 4 is 28.2 Å². The number of aryl methyl sites for hydroxylation is 2. The van der Waals surface area contributed by atoms with Crippen molar-refractivity contribution < 1.29 is 0 Å². The van der Waals surface area contributed by atoms with Crippen LogP contribution in [-0.2, 0) is 0 Å². The number of nitrogens with one attached hydrogen (secondary N) is 1. The van der Waals surface area contributed by atoms with Gasteiger partial charge in [-0.15, -0.1) is 11.3 Å². The van der Waals surface area contributed by atoms with Gasteiger partial charge in [-0.25, -0.2) is 24.9 Å². The van der Waals surface area contributed by atoms with Gasteiger partial charge in [-0.3, -0.25) is 0 Å². The van der Waals surface area contributed by atoms with E-state index in [1.165, 1.54) is 0 Å². The highest BCUT2D eigenvalue weighted by Gasteiger charge is 2.28. The Kier molecular flexibility index (Phi) is 4.27. The third-order valence-electron chi connectivity index (χ3n) is 4.11. The predicted molar refractivity (Wildman–Crippen MR) is 98.5 cm³/mol. The summed E-state index contributed by atoms with van der Waals surface area (Å²) < 4.78 is 0. The van der Waals surface area contributed by atoms with Crippen LogP contribution in [0.5, 0.6) is 0 Å². The minimum Gasteiger partial charge on any atom is -0.340 e. The SMILES string of the molecule is Cc1cc(Nc2nc(C)cs2)nc([C@@H]2CCN(c3ncccn3)C2)n1. The van der Waals surface area contributed by atoms with E-state index in [-0.39, 0.29) is 5.92 Å². The van der Waals surface area contributed by atoms with Crippen molar-refractivity contribution in [1.29, 1.82) is 0 Å². The van der Waals surface area contributed by atoms with Crippen molar-refractivity contribution in [3.05, 3.63) is 47.1 Å². The van der Waals surface area contributed by atoms with Gasteiger partial charge in [-0.1, -0.05) is 0 Å². The van der Waals surface area contributed by atoms with Crippen molar-refractivity contribution in [2.75, 3.05) is 23.3 Å². The lowest BCUT2D eigenvalue weighted by Gasteiger charge is -2.15. The minimum absolute atomic E-state index is 0.280. The van der Waals surface area contributed by atoms with E-state index >= 15 is 0 Å². The van der Waals surface area contributed by atoms with Gasteiger partial charge in [0.05, 0.1) is 5.69 Å². The third-order valence-corrected chi connectivity index (χ3v) is 4.99. The summed E-state index contributed by atoms with van der Waals surface area (Å²) in [6, 6.07) is 3.78. The Balaban J connectivity index is 1.52. The highest BCUT2D eigenvalue weighted by Crippen LogP contribution is 2.28. The first-order valence-corrected chi connectivity index (χ1v) is 9.12. The molecule has 128 valence electrons. The molecule has 0 unspecified atom stereocenters. The molecule has 3 aromatic heterocycles. The van der Waals surface area contributed by atoms with Crippen LogP contribution in [-0.4, -0.2) is 38.0 Å². The molecular formula is C17H19N7S. The van der Waals surface area contributed by atoms with Crippen LogP contribution < -0.4 is 10.2 Å². The van der Waals surface area contributed by atoms with Crippen LogP contribution in [0.25, 0.3) is 0 Å². The molecule has 1 aliphatic rings. The van der Waals surface area contributed by atoms with E-state index in [0.29, 0.717) is 0 Å². The molecule has 4 heterocycles. The second-order valence-electron chi connectivity index (χ2n) is 6.15. The fourth-order valence-electron chi connectivity index (χ4n) is 2.97. The summed E-state index contributed by atoms with van der Waals surface area (Å²) in [7, 11) is 0. The molecule has 0 radical (unpaired) electrons. The first-order chi connectivity index (χ1) is 12.2. The summed E-state index contributed by atoms with van der Waals surface area (Å²) in [4.78, 5) is 24.7. The molecule has 0 aliphatic carbocycles. The average Bonchev–Trinajstić information content (AvgIpc) is 3.24. The summed E-state index contributed by atoms with van der Waals surface area (Å²) in [5.74, 6) is 2.72. The van der Waals surface area contributed by atoms with E-state index < -0.39 is 0 Å². The lowest BCUT2D eigenvalue weighted by molar-refractivity contribution is 0.704. The normalized spacial score (nSPS) is 17.0. The lowest BCUT2D eigenvalue weighted by Crippen LogP contribution is -2.22. The molecule has 0 saturated carbocycles. The Bertz CT molecular complexity index is 864. The standard InChI is InChI=1S/C17H19N7S/c1-11-8-14(23-17-21-12(2)10-25-17)22-15(20-11)13-4-7-24(9-13)16-18-5-3-6-19-16/h3,5-6,8,10,13H,4,7,9H2,1-2H3,(H,20,21,22,23)/t13-/m1/s1. The van der Waals surface area contributed by atoms with Gasteiger partial charge in [0.2, 0.25) is 5.95 Å². The van der Waals surface area contributed by atoms with E-state index in [2.05, 4.69) is 30.2 Å². The molecular weight excluding hydrogens is 334 g/mol. The number of rotatable bonds is 4. The number of nitrogens with zero attached hydrogens (tertiary/aromatic N) is 6. The second kappa shape index (κ2) is 6.72. The third kappa shape index (κ3) is 3.58. The molecule has 8 heteroatoms. The molecule has 0 aromatic carbocycles. The Morgan fingerprint density at radius 2 is 1.96 bits per heavy atom. The van der Waals surface area contributed by atoms with Crippen molar-refractivity contribution in [1.82, 2.24) is 24.9 Å². The molecule has 4 rings (SSSR count). The minimum atomic E-state index is 0.280. The van der Waals surface area contributed by atoms with E-state index in [9.17, 15) is 0 Å². The number of hydrogen-bond acceptors (Lipinski definition) is 8. The first-order valence-electron chi connectivity index (χ1n) is 8.24. The van der Waals surface area contributed by atoms with Crippen molar-refractivity contribution in [2.45, 2.75) is 26.2 Å². The summed E-state index contributed by atoms with van der Waals surface area (Å²) in [5.41, 5.74) is 1.96. The molecule has 7 nitrogen and oxygen atoms in total. The highest BCUT2D eigenvalue weighted by molar-refractivity contribution is 7.13. The van der Waals surface area contributed by atoms with Gasteiger partial charge >= 0.3 is 0 Å². The van der Waals surface area contributed by atoms with Crippen LogP contribution in [0.1, 0.15) is 29.6 Å². The molecule has 0 amide bonds. The molecule has 1 aliphatic heterocycles. The van der Waals surface area contributed by atoms with Gasteiger partial charge in [0.15, 0.2) is 5.13 Å². The molecule has 1 N–H and O–H groups in total. The molecule has 25 heavy (non-hydrogen) atoms. The van der Waals surface area contributed by atoms with E-state index in [0.717, 1.165) is 53.6 Å². The predicted octanol–water partition coefficient (Wildman–Crippen LogP) is 3.08. The topological polar surface area (TPSA) is 79.7 Å². The number of anilines is 3. The van der Waals surface area contributed by atoms with Gasteiger partial charge in [0, 0.05) is 48.5 Å². The zero-order chi connectivity index (χ0) is 17.2. The van der Waals surface area contributed by atoms with Gasteiger partial charge in [-0.05, 0) is 26.3 Å². The fourth-order valence-corrected chi connectivity index (χ4v) is 3.66. The second-order valence-corrected chi connectivity index (χ2v) is 7.01. The summed E-state index contributed by atoms with van der Waals surface area (Å²) in [5, 5.41) is 6.16. The van der Waals surface area contributed by atoms with Crippen molar-refractivity contribution in [3.8, 4) is 0 Å². The van der Waals surface area contributed by atoms with E-state index in [4.69, 9.17) is 4.98 Å². The van der Waals surface area contributed by atoms with Gasteiger partial charge in [0.25, 0.3) is 0 Å². The van der Waals surface area contributed by atoms with Crippen LogP contribution in [0.15, 0.2) is 29.9 Å². The Morgan fingerprint density at radius 1 is 1.12 bits per heavy atom. The van der Waals surface area contributed by atoms with Gasteiger partial charge < -0.3 is 10.2 Å². The maximum atomic E-state index is 4.73. The maximum absolute atomic E-state index is 4.73. The molecule has 1 saturated heterocycles. The van der Waals surface area contributed by atoms with Gasteiger partial charge in [0.1, 0.15) is 11.6 Å². The molecule has 0 bridgehead atoms. The first kappa shape index (κ1) is 15.9. The molecule has 3 aromatic rings. The van der Waals surface area contributed by atoms with Crippen LogP contribution in [0.4, 0.5) is 16.9 Å². The molecule has 0 spiro atoms. The Hall–Kier alpha value is -2.61. The number of hydrogen-bond donors (Lipinski definition) is 1. The zero-order valence-corrected chi connectivity index (χ0v) is 15.0. The number of aromatic nitrogens is 5. The van der Waals surface area contributed by atoms with Crippen molar-refractivity contribution in [3.63, 3.8) is 0 Å². The molecule has 1 atom stereocenters. The summed E-state index contributed by atoms with van der Waals surface area (Å²) in [6.45, 7) is 5.73. The lowest BCUT2D eigenvalue weighted by atomic mass is 10.1. The van der Waals surface area contributed by atoms with Crippen LogP contribution in [0.2, 0.25) is 0 Å². The van der Waals surface area contributed by atoms with Gasteiger partial charge in [-0.2, -0.15) is 0 Å². The monoisotopic (exact) mass is 353 g/mol. The quantitative estimate of drug-likeness (QED) is 0.772. The van der Waals surface area contributed by atoms with Crippen LogP contribution in [0.3, 0.4) is 0 Å². The van der Waals surface area contributed by atoms with Crippen molar-refractivity contribution in [2.24, 2.45) is 0 Å². The van der Waals surface area contributed by atoms with E-state index in [1.54, 1.807) is 23.7 Å². The molecule has 1 fully saturated rings. The zero-order valence-electron chi connectivity index (χ0n) is 14.2. The summed E-state index contributed by atoms with van der Waals surface area (Å²) in [6.07, 6.45) is 4.55. The Morgan fingerprint density at radius 3 is 2.72 bits per heavy atom. The Labute approximate surface area is 150 Å². The average molecular weight is 353 g/mol. The van der Waals surface area contributed by atoms with E-state index in [1.807, 2.05) is 31.4 Å².